The smallest absolute Gasteiger partial charge is 0.313 e. The van der Waals surface area contributed by atoms with E-state index in [9.17, 15) is 15.0 Å². The first-order valence-corrected chi connectivity index (χ1v) is 10.8. The van der Waals surface area contributed by atoms with Crippen LogP contribution in [0.15, 0.2) is 23.3 Å². The average Bonchev–Trinajstić information content (AvgIpc) is 2.92. The van der Waals surface area contributed by atoms with Crippen LogP contribution in [0.2, 0.25) is 0 Å². The molecule has 0 aromatic rings. The summed E-state index contributed by atoms with van der Waals surface area (Å²) in [6, 6.07) is 0. The number of fused-ring (bicyclic) bond motifs is 5. The molecule has 28 heavy (non-hydrogen) atoms. The van der Waals surface area contributed by atoms with Crippen LogP contribution >= 0.6 is 0 Å². The molecule has 0 amide bonds. The van der Waals surface area contributed by atoms with Gasteiger partial charge >= 0.3 is 5.97 Å². The first-order valence-electron chi connectivity index (χ1n) is 10.8. The molecule has 0 aliphatic heterocycles. The number of terminal acetylenes is 1. The Morgan fingerprint density at radius 2 is 1.89 bits per heavy atom. The van der Waals surface area contributed by atoms with Crippen molar-refractivity contribution in [3.05, 3.63) is 23.3 Å². The van der Waals surface area contributed by atoms with Crippen LogP contribution in [0.5, 0.6) is 0 Å². The molecule has 3 heteroatoms. The third-order valence-corrected chi connectivity index (χ3v) is 9.50. The number of carbonyl (C=O) groups is 1. The quantitative estimate of drug-likeness (QED) is 0.664. The minimum Gasteiger partial charge on any atom is -0.481 e. The molecule has 0 saturated heterocycles. The molecular formula is C25H34O3. The van der Waals surface area contributed by atoms with Gasteiger partial charge in [-0.25, -0.2) is 0 Å². The zero-order valence-electron chi connectivity index (χ0n) is 17.7. The second-order valence-electron chi connectivity index (χ2n) is 10.8. The fourth-order valence-electron chi connectivity index (χ4n) is 7.21. The predicted octanol–water partition coefficient (Wildman–Crippen LogP) is 4.96. The van der Waals surface area contributed by atoms with E-state index in [4.69, 9.17) is 6.42 Å². The van der Waals surface area contributed by atoms with Crippen molar-refractivity contribution < 1.29 is 15.0 Å². The van der Waals surface area contributed by atoms with Crippen molar-refractivity contribution in [3.63, 3.8) is 0 Å². The van der Waals surface area contributed by atoms with Crippen LogP contribution in [-0.4, -0.2) is 21.8 Å². The summed E-state index contributed by atoms with van der Waals surface area (Å²) >= 11 is 0. The molecule has 3 nitrogen and oxygen atoms in total. The number of rotatable bonds is 2. The minimum atomic E-state index is -0.960. The molecule has 0 bridgehead atoms. The number of carboxylic acids is 1. The van der Waals surface area contributed by atoms with Gasteiger partial charge in [-0.2, -0.15) is 0 Å². The molecule has 4 aliphatic rings. The van der Waals surface area contributed by atoms with E-state index in [1.165, 1.54) is 5.57 Å². The van der Waals surface area contributed by atoms with Gasteiger partial charge < -0.3 is 10.2 Å². The lowest BCUT2D eigenvalue weighted by Crippen LogP contribution is -2.53. The lowest BCUT2D eigenvalue weighted by molar-refractivity contribution is -0.145. The summed E-state index contributed by atoms with van der Waals surface area (Å²) in [5, 5.41) is 20.7. The normalized spacial score (nSPS) is 45.1. The van der Waals surface area contributed by atoms with Crippen LogP contribution in [0.25, 0.3) is 0 Å². The maximum atomic E-state index is 11.7. The van der Waals surface area contributed by atoms with Gasteiger partial charge in [0.1, 0.15) is 5.60 Å². The van der Waals surface area contributed by atoms with Crippen LogP contribution in [0.1, 0.15) is 72.6 Å². The Hall–Kier alpha value is -1.53. The number of aliphatic hydroxyl groups is 1. The molecule has 0 spiro atoms. The molecule has 6 atom stereocenters. The van der Waals surface area contributed by atoms with Crippen molar-refractivity contribution in [2.75, 3.05) is 0 Å². The fourth-order valence-corrected chi connectivity index (χ4v) is 7.21. The largest absolute Gasteiger partial charge is 0.481 e. The maximum absolute atomic E-state index is 11.7. The number of hydrogen-bond acceptors (Lipinski definition) is 2. The van der Waals surface area contributed by atoms with E-state index in [0.29, 0.717) is 17.8 Å². The van der Waals surface area contributed by atoms with Crippen LogP contribution in [-0.2, 0) is 4.79 Å². The van der Waals surface area contributed by atoms with Crippen molar-refractivity contribution in [2.45, 2.75) is 78.2 Å². The maximum Gasteiger partial charge on any atom is 0.313 e. The van der Waals surface area contributed by atoms with E-state index < -0.39 is 17.0 Å². The molecule has 2 saturated carbocycles. The van der Waals surface area contributed by atoms with Crippen molar-refractivity contribution in [3.8, 4) is 12.3 Å². The molecule has 152 valence electrons. The molecule has 4 aliphatic carbocycles. The molecule has 0 aromatic heterocycles. The van der Waals surface area contributed by atoms with Crippen molar-refractivity contribution in [1.29, 1.82) is 0 Å². The van der Waals surface area contributed by atoms with Gasteiger partial charge in [-0.15, -0.1) is 6.42 Å². The summed E-state index contributed by atoms with van der Waals surface area (Å²) in [7, 11) is 0. The number of hydrogen-bond donors (Lipinski definition) is 2. The SMILES string of the molecule is C#CC1(O)CCC2C3CC=C4C=C(C(C)(C)C(=O)O)CCC4(C)C3CCC21C. The molecular weight excluding hydrogens is 348 g/mol. The summed E-state index contributed by atoms with van der Waals surface area (Å²) in [6.45, 7) is 8.25. The van der Waals surface area contributed by atoms with Crippen LogP contribution in [0.4, 0.5) is 0 Å². The predicted molar refractivity (Wildman–Crippen MR) is 110 cm³/mol. The molecule has 6 unspecified atom stereocenters. The van der Waals surface area contributed by atoms with E-state index in [1.54, 1.807) is 0 Å². The molecule has 4 rings (SSSR count). The average molecular weight is 383 g/mol. The highest BCUT2D eigenvalue weighted by atomic mass is 16.4. The van der Waals surface area contributed by atoms with E-state index in [1.807, 2.05) is 13.8 Å². The Labute approximate surface area is 169 Å². The lowest BCUT2D eigenvalue weighted by Gasteiger charge is -2.57. The summed E-state index contributed by atoms with van der Waals surface area (Å²) in [6.07, 6.45) is 17.1. The van der Waals surface area contributed by atoms with E-state index >= 15 is 0 Å². The summed E-state index contributed by atoms with van der Waals surface area (Å²) in [5.41, 5.74) is 0.561. The minimum absolute atomic E-state index is 0.110. The zero-order chi connectivity index (χ0) is 20.5. The van der Waals surface area contributed by atoms with Gasteiger partial charge in [-0.3, -0.25) is 4.79 Å². The van der Waals surface area contributed by atoms with Crippen molar-refractivity contribution in [2.24, 2.45) is 34.0 Å². The number of allylic oxidation sites excluding steroid dienone is 3. The van der Waals surface area contributed by atoms with Crippen LogP contribution < -0.4 is 0 Å². The Morgan fingerprint density at radius 3 is 2.54 bits per heavy atom. The van der Waals surface area contributed by atoms with Gasteiger partial charge in [0, 0.05) is 5.41 Å². The van der Waals surface area contributed by atoms with E-state index in [0.717, 1.165) is 50.5 Å². The van der Waals surface area contributed by atoms with Crippen LogP contribution in [0.3, 0.4) is 0 Å². The highest BCUT2D eigenvalue weighted by molar-refractivity contribution is 5.78. The Kier molecular flexibility index (Phi) is 4.23. The first kappa shape index (κ1) is 19.8. The van der Waals surface area contributed by atoms with Gasteiger partial charge in [0.25, 0.3) is 0 Å². The second-order valence-corrected chi connectivity index (χ2v) is 10.8. The third-order valence-electron chi connectivity index (χ3n) is 9.50. The van der Waals surface area contributed by atoms with E-state index in [-0.39, 0.29) is 10.8 Å². The van der Waals surface area contributed by atoms with Crippen LogP contribution in [0, 0.1) is 46.3 Å². The Morgan fingerprint density at radius 1 is 1.21 bits per heavy atom. The van der Waals surface area contributed by atoms with E-state index in [2.05, 4.69) is 31.9 Å². The van der Waals surface area contributed by atoms with Crippen molar-refractivity contribution in [1.82, 2.24) is 0 Å². The standard InChI is InChI=1S/C25H34O3/c1-6-25(28)14-11-20-18-8-7-17-15-16(22(2,3)21(26)27)9-12-23(17,4)19(18)10-13-24(20,25)5/h1,7,15,18-20,28H,8-14H2,2-5H3,(H,26,27). The second kappa shape index (κ2) is 5.99. The Bertz CT molecular complexity index is 812. The monoisotopic (exact) mass is 382 g/mol. The Balaban J connectivity index is 1.69. The van der Waals surface area contributed by atoms with Gasteiger partial charge in [-0.1, -0.05) is 37.5 Å². The molecule has 0 heterocycles. The van der Waals surface area contributed by atoms with Gasteiger partial charge in [0.05, 0.1) is 5.41 Å². The lowest BCUT2D eigenvalue weighted by atomic mass is 9.47. The highest BCUT2D eigenvalue weighted by Gasteiger charge is 2.63. The summed E-state index contributed by atoms with van der Waals surface area (Å²) in [5.74, 6) is 3.64. The van der Waals surface area contributed by atoms with Gasteiger partial charge in [-0.05, 0) is 87.5 Å². The number of carboxylic acid groups (broad SMARTS) is 1. The summed E-state index contributed by atoms with van der Waals surface area (Å²) in [4.78, 5) is 11.7. The third kappa shape index (κ3) is 2.37. The van der Waals surface area contributed by atoms with Crippen molar-refractivity contribution >= 4 is 5.97 Å². The van der Waals surface area contributed by atoms with Gasteiger partial charge in [0.15, 0.2) is 0 Å². The molecule has 2 fully saturated rings. The fraction of sp³-hybridized carbons (Fsp3) is 0.720. The zero-order valence-corrected chi connectivity index (χ0v) is 17.7. The summed E-state index contributed by atoms with van der Waals surface area (Å²) < 4.78 is 0. The molecule has 0 radical (unpaired) electrons. The van der Waals surface area contributed by atoms with Gasteiger partial charge in [0.2, 0.25) is 0 Å². The molecule has 0 aromatic carbocycles. The first-order chi connectivity index (χ1) is 13.0. The highest BCUT2D eigenvalue weighted by Crippen LogP contribution is 2.67. The topological polar surface area (TPSA) is 57.5 Å². The number of aliphatic carboxylic acids is 1. The molecule has 2 N–H and O–H groups in total.